The van der Waals surface area contributed by atoms with Gasteiger partial charge in [0.15, 0.2) is 0 Å². The van der Waals surface area contributed by atoms with Gasteiger partial charge in [0.05, 0.1) is 8.48 Å². The molecule has 0 aliphatic carbocycles. The van der Waals surface area contributed by atoms with Crippen molar-refractivity contribution in [3.8, 4) is 5.75 Å². The third kappa shape index (κ3) is 2.47. The van der Waals surface area contributed by atoms with Crippen molar-refractivity contribution >= 4 is 51.6 Å². The number of nitrogens with zero attached hydrogens (tertiary/aromatic N) is 1. The molecule has 6 heteroatoms. The number of phenolic OH excluding ortho intramolecular Hbond substituents is 1. The Morgan fingerprint density at radius 1 is 1.41 bits per heavy atom. The molecule has 1 saturated heterocycles. The van der Waals surface area contributed by atoms with Crippen LogP contribution in [0.4, 0.5) is 4.79 Å². The van der Waals surface area contributed by atoms with Crippen molar-refractivity contribution in [3.05, 3.63) is 32.2 Å². The number of likely N-dealkylation sites (N-methyl/N-ethyl adjacent to an activating group) is 1. The van der Waals surface area contributed by atoms with Gasteiger partial charge in [-0.05, 0) is 58.1 Å². The summed E-state index contributed by atoms with van der Waals surface area (Å²) in [5.74, 6) is -0.0885. The molecule has 1 heterocycles. The SMILES string of the molecule is CN1C(=O)S/C(=C/c2ccc(O)c(I)c2)C1=O. The van der Waals surface area contributed by atoms with Crippen molar-refractivity contribution < 1.29 is 14.7 Å². The molecule has 4 nitrogen and oxygen atoms in total. The van der Waals surface area contributed by atoms with Crippen molar-refractivity contribution in [2.75, 3.05) is 7.05 Å². The number of carbonyl (C=O) groups is 2. The zero-order valence-corrected chi connectivity index (χ0v) is 11.8. The molecule has 2 amide bonds. The summed E-state index contributed by atoms with van der Waals surface area (Å²) in [5.41, 5.74) is 0.783. The summed E-state index contributed by atoms with van der Waals surface area (Å²) >= 11 is 2.92. The first kappa shape index (κ1) is 12.4. The van der Waals surface area contributed by atoms with Crippen LogP contribution in [0.15, 0.2) is 23.1 Å². The maximum atomic E-state index is 11.6. The van der Waals surface area contributed by atoms with Gasteiger partial charge in [0, 0.05) is 7.05 Å². The Bertz CT molecular complexity index is 542. The van der Waals surface area contributed by atoms with E-state index in [1.165, 1.54) is 7.05 Å². The van der Waals surface area contributed by atoms with Crippen molar-refractivity contribution in [3.63, 3.8) is 0 Å². The minimum absolute atomic E-state index is 0.200. The largest absolute Gasteiger partial charge is 0.507 e. The second-order valence-corrected chi connectivity index (χ2v) is 5.61. The van der Waals surface area contributed by atoms with Crippen LogP contribution in [0.2, 0.25) is 0 Å². The second-order valence-electron chi connectivity index (χ2n) is 3.45. The van der Waals surface area contributed by atoms with Gasteiger partial charge in [-0.2, -0.15) is 0 Å². The number of carbonyl (C=O) groups excluding carboxylic acids is 2. The number of aromatic hydroxyl groups is 1. The molecule has 1 aliphatic heterocycles. The number of thioether (sulfide) groups is 1. The average Bonchev–Trinajstić information content (AvgIpc) is 2.52. The topological polar surface area (TPSA) is 57.6 Å². The molecule has 88 valence electrons. The van der Waals surface area contributed by atoms with E-state index in [4.69, 9.17) is 0 Å². The smallest absolute Gasteiger partial charge is 0.293 e. The van der Waals surface area contributed by atoms with Gasteiger partial charge in [-0.1, -0.05) is 6.07 Å². The Balaban J connectivity index is 2.34. The molecule has 0 saturated carbocycles. The van der Waals surface area contributed by atoms with E-state index in [1.807, 2.05) is 22.6 Å². The molecule has 0 unspecified atom stereocenters. The number of benzene rings is 1. The predicted octanol–water partition coefficient (Wildman–Crippen LogP) is 2.66. The van der Waals surface area contributed by atoms with E-state index in [0.29, 0.717) is 8.48 Å². The number of hydrogen-bond donors (Lipinski definition) is 1. The third-order valence-corrected chi connectivity index (χ3v) is 4.08. The second kappa shape index (κ2) is 4.69. The molecule has 1 aromatic carbocycles. The molecule has 0 spiro atoms. The molecule has 0 bridgehead atoms. The summed E-state index contributed by atoms with van der Waals surface area (Å²) in [4.78, 5) is 24.4. The van der Waals surface area contributed by atoms with Gasteiger partial charge in [0.1, 0.15) is 5.75 Å². The highest BCUT2D eigenvalue weighted by Gasteiger charge is 2.31. The lowest BCUT2D eigenvalue weighted by Crippen LogP contribution is -2.22. The zero-order valence-electron chi connectivity index (χ0n) is 8.81. The summed E-state index contributed by atoms with van der Waals surface area (Å²) in [7, 11) is 1.46. The summed E-state index contributed by atoms with van der Waals surface area (Å²) in [5, 5.41) is 9.11. The minimum atomic E-state index is -0.289. The van der Waals surface area contributed by atoms with Gasteiger partial charge in [0.2, 0.25) is 0 Å². The van der Waals surface area contributed by atoms with E-state index >= 15 is 0 Å². The fourth-order valence-electron chi connectivity index (χ4n) is 1.31. The monoisotopic (exact) mass is 361 g/mol. The van der Waals surface area contributed by atoms with Crippen molar-refractivity contribution in [1.82, 2.24) is 4.90 Å². The number of phenols is 1. The van der Waals surface area contributed by atoms with Gasteiger partial charge in [-0.15, -0.1) is 0 Å². The lowest BCUT2D eigenvalue weighted by atomic mass is 10.2. The Hall–Kier alpha value is -1.02. The molecular weight excluding hydrogens is 353 g/mol. The van der Waals surface area contributed by atoms with Crippen LogP contribution in [0, 0.1) is 3.57 Å². The van der Waals surface area contributed by atoms with Crippen LogP contribution < -0.4 is 0 Å². The number of amides is 2. The average molecular weight is 361 g/mol. The molecule has 0 atom stereocenters. The van der Waals surface area contributed by atoms with E-state index in [-0.39, 0.29) is 16.9 Å². The minimum Gasteiger partial charge on any atom is -0.507 e. The summed E-state index contributed by atoms with van der Waals surface area (Å²) in [6, 6.07) is 5.00. The maximum absolute atomic E-state index is 11.6. The van der Waals surface area contributed by atoms with Crippen LogP contribution in [0.25, 0.3) is 6.08 Å². The van der Waals surface area contributed by atoms with Gasteiger partial charge in [-0.25, -0.2) is 0 Å². The summed E-state index contributed by atoms with van der Waals surface area (Å²) < 4.78 is 0.701. The van der Waals surface area contributed by atoms with Crippen LogP contribution >= 0.6 is 34.4 Å². The van der Waals surface area contributed by atoms with E-state index in [2.05, 4.69) is 0 Å². The molecule has 1 aromatic rings. The molecular formula is C11H8INO3S. The number of imide groups is 1. The number of halogens is 1. The van der Waals surface area contributed by atoms with E-state index in [9.17, 15) is 14.7 Å². The van der Waals surface area contributed by atoms with E-state index in [0.717, 1.165) is 22.2 Å². The highest BCUT2D eigenvalue weighted by molar-refractivity contribution is 14.1. The predicted molar refractivity (Wildman–Crippen MR) is 74.6 cm³/mol. The standard InChI is InChI=1S/C11H8INO3S/c1-13-10(15)9(17-11(13)16)5-6-2-3-8(14)7(12)4-6/h2-5,14H,1H3/b9-5+. The molecule has 0 aromatic heterocycles. The van der Waals surface area contributed by atoms with E-state index in [1.54, 1.807) is 24.3 Å². The fourth-order valence-corrected chi connectivity index (χ4v) is 2.68. The first-order chi connectivity index (χ1) is 7.99. The van der Waals surface area contributed by atoms with Crippen LogP contribution in [0.5, 0.6) is 5.75 Å². The first-order valence-corrected chi connectivity index (χ1v) is 6.58. The maximum Gasteiger partial charge on any atom is 0.293 e. The van der Waals surface area contributed by atoms with Gasteiger partial charge >= 0.3 is 0 Å². The van der Waals surface area contributed by atoms with Crippen LogP contribution in [-0.2, 0) is 4.79 Å². The van der Waals surface area contributed by atoms with Gasteiger partial charge < -0.3 is 5.11 Å². The Labute approximate surface area is 116 Å². The lowest BCUT2D eigenvalue weighted by Gasteiger charge is -2.01. The highest BCUT2D eigenvalue weighted by Crippen LogP contribution is 2.31. The third-order valence-electron chi connectivity index (χ3n) is 2.26. The highest BCUT2D eigenvalue weighted by atomic mass is 127. The molecule has 0 radical (unpaired) electrons. The van der Waals surface area contributed by atoms with Gasteiger partial charge in [0.25, 0.3) is 11.1 Å². The quantitative estimate of drug-likeness (QED) is 0.617. The molecule has 1 fully saturated rings. The van der Waals surface area contributed by atoms with Crippen LogP contribution in [-0.4, -0.2) is 28.2 Å². The first-order valence-electron chi connectivity index (χ1n) is 4.69. The van der Waals surface area contributed by atoms with Crippen LogP contribution in [0.1, 0.15) is 5.56 Å². The van der Waals surface area contributed by atoms with Crippen molar-refractivity contribution in [2.45, 2.75) is 0 Å². The Morgan fingerprint density at radius 3 is 2.65 bits per heavy atom. The molecule has 17 heavy (non-hydrogen) atoms. The van der Waals surface area contributed by atoms with Crippen molar-refractivity contribution in [1.29, 1.82) is 0 Å². The Morgan fingerprint density at radius 2 is 2.12 bits per heavy atom. The molecule has 1 N–H and O–H groups in total. The number of rotatable bonds is 1. The lowest BCUT2D eigenvalue weighted by molar-refractivity contribution is -0.121. The summed E-state index contributed by atoms with van der Waals surface area (Å²) in [6.45, 7) is 0. The number of hydrogen-bond acceptors (Lipinski definition) is 4. The normalized spacial score (nSPS) is 18.2. The Kier molecular flexibility index (Phi) is 3.43. The summed E-state index contributed by atoms with van der Waals surface area (Å²) in [6.07, 6.45) is 1.65. The van der Waals surface area contributed by atoms with Gasteiger partial charge in [-0.3, -0.25) is 14.5 Å². The van der Waals surface area contributed by atoms with Crippen LogP contribution in [0.3, 0.4) is 0 Å². The zero-order chi connectivity index (χ0) is 12.6. The fraction of sp³-hybridized carbons (Fsp3) is 0.0909. The molecule has 2 rings (SSSR count). The molecule has 1 aliphatic rings. The van der Waals surface area contributed by atoms with Crippen molar-refractivity contribution in [2.24, 2.45) is 0 Å². The van der Waals surface area contributed by atoms with E-state index < -0.39 is 0 Å².